The second-order valence-electron chi connectivity index (χ2n) is 5.57. The van der Waals surface area contributed by atoms with Crippen LogP contribution in [0, 0.1) is 6.92 Å². The summed E-state index contributed by atoms with van der Waals surface area (Å²) in [4.78, 5) is 2.44. The third-order valence-corrected chi connectivity index (χ3v) is 4.98. The summed E-state index contributed by atoms with van der Waals surface area (Å²) >= 11 is 0. The summed E-state index contributed by atoms with van der Waals surface area (Å²) in [6.45, 7) is 7.43. The molecular weight excluding hydrogens is 274 g/mol. The Kier molecular flexibility index (Phi) is 4.83. The number of hydrogen-bond donors (Lipinski definition) is 1. The van der Waals surface area contributed by atoms with E-state index in [0.29, 0.717) is 11.5 Å². The summed E-state index contributed by atoms with van der Waals surface area (Å²) in [5.74, 6) is 0.208. The van der Waals surface area contributed by atoms with Crippen molar-refractivity contribution in [3.05, 3.63) is 34.9 Å². The molecule has 1 aromatic rings. The molecule has 0 bridgehead atoms. The van der Waals surface area contributed by atoms with E-state index in [1.54, 1.807) is 6.07 Å². The smallest absolute Gasteiger partial charge is 0.269 e. The van der Waals surface area contributed by atoms with Crippen LogP contribution in [0.1, 0.15) is 42.4 Å². The highest BCUT2D eigenvalue weighted by atomic mass is 32.2. The summed E-state index contributed by atoms with van der Waals surface area (Å²) in [5, 5.41) is 0. The molecule has 1 aromatic carbocycles. The van der Waals surface area contributed by atoms with Gasteiger partial charge in [-0.1, -0.05) is 25.1 Å². The van der Waals surface area contributed by atoms with Crippen molar-refractivity contribution in [1.29, 1.82) is 0 Å². The number of hydrogen-bond acceptors (Lipinski definition) is 3. The maximum atomic E-state index is 11.1. The van der Waals surface area contributed by atoms with Crippen LogP contribution in [0.3, 0.4) is 0 Å². The highest BCUT2D eigenvalue weighted by Crippen LogP contribution is 2.31. The lowest BCUT2D eigenvalue weighted by Crippen LogP contribution is -2.32. The molecule has 0 radical (unpaired) electrons. The molecule has 5 heteroatoms. The lowest BCUT2D eigenvalue weighted by molar-refractivity contribution is 0.222. The number of likely N-dealkylation sites (tertiary alicyclic amines) is 1. The second-order valence-corrected chi connectivity index (χ2v) is 7.02. The van der Waals surface area contributed by atoms with Crippen LogP contribution in [0.4, 0.5) is 0 Å². The topological polar surface area (TPSA) is 57.6 Å². The standard InChI is InChI=1S/C15H23NO3S/c1-3-16-9-7-13(8-10-16)15-6-4-5-14(12(15)2)11-20(17,18)19/h4-6,13H,3,7-11H2,1-2H3,(H,17,18,19). The molecular formula is C15H23NO3S. The van der Waals surface area contributed by atoms with E-state index in [1.807, 2.05) is 13.0 Å². The molecule has 4 nitrogen and oxygen atoms in total. The first-order valence-corrected chi connectivity index (χ1v) is 8.77. The molecule has 1 fully saturated rings. The van der Waals surface area contributed by atoms with Crippen LogP contribution < -0.4 is 0 Å². The Labute approximate surface area is 121 Å². The van der Waals surface area contributed by atoms with Crippen LogP contribution in [0.5, 0.6) is 0 Å². The van der Waals surface area contributed by atoms with Crippen molar-refractivity contribution in [2.75, 3.05) is 19.6 Å². The van der Waals surface area contributed by atoms with Crippen LogP contribution in [0.15, 0.2) is 18.2 Å². The van der Waals surface area contributed by atoms with Gasteiger partial charge in [-0.15, -0.1) is 0 Å². The highest BCUT2D eigenvalue weighted by Gasteiger charge is 2.22. The SMILES string of the molecule is CCN1CCC(c2cccc(CS(=O)(=O)O)c2C)CC1. The fraction of sp³-hybridized carbons (Fsp3) is 0.600. The van der Waals surface area contributed by atoms with Gasteiger partial charge in [-0.25, -0.2) is 0 Å². The predicted octanol–water partition coefficient (Wildman–Crippen LogP) is 2.58. The van der Waals surface area contributed by atoms with Gasteiger partial charge in [0.1, 0.15) is 5.75 Å². The Morgan fingerprint density at radius 1 is 1.30 bits per heavy atom. The van der Waals surface area contributed by atoms with Gasteiger partial charge < -0.3 is 4.90 Å². The number of rotatable bonds is 4. The summed E-state index contributed by atoms with van der Waals surface area (Å²) in [6.07, 6.45) is 2.23. The van der Waals surface area contributed by atoms with Crippen molar-refractivity contribution in [3.63, 3.8) is 0 Å². The van der Waals surface area contributed by atoms with Gasteiger partial charge in [0, 0.05) is 0 Å². The fourth-order valence-electron chi connectivity index (χ4n) is 3.06. The van der Waals surface area contributed by atoms with E-state index in [4.69, 9.17) is 4.55 Å². The number of piperidine rings is 1. The van der Waals surface area contributed by atoms with Crippen LogP contribution in [-0.2, 0) is 15.9 Å². The quantitative estimate of drug-likeness (QED) is 0.868. The van der Waals surface area contributed by atoms with Gasteiger partial charge in [-0.3, -0.25) is 4.55 Å². The maximum absolute atomic E-state index is 11.1. The van der Waals surface area contributed by atoms with E-state index >= 15 is 0 Å². The van der Waals surface area contributed by atoms with E-state index in [-0.39, 0.29) is 5.75 Å². The van der Waals surface area contributed by atoms with Gasteiger partial charge in [0.15, 0.2) is 0 Å². The number of nitrogens with zero attached hydrogens (tertiary/aromatic N) is 1. The Balaban J connectivity index is 2.19. The van der Waals surface area contributed by atoms with Crippen LogP contribution >= 0.6 is 0 Å². The van der Waals surface area contributed by atoms with E-state index < -0.39 is 10.1 Å². The zero-order chi connectivity index (χ0) is 14.8. The van der Waals surface area contributed by atoms with Gasteiger partial charge in [0.05, 0.1) is 0 Å². The third-order valence-electron chi connectivity index (χ3n) is 4.30. The van der Waals surface area contributed by atoms with Gasteiger partial charge >= 0.3 is 0 Å². The molecule has 0 atom stereocenters. The van der Waals surface area contributed by atoms with Gasteiger partial charge in [0.25, 0.3) is 10.1 Å². The lowest BCUT2D eigenvalue weighted by atomic mass is 9.85. The zero-order valence-corrected chi connectivity index (χ0v) is 13.0. The van der Waals surface area contributed by atoms with Crippen molar-refractivity contribution < 1.29 is 13.0 Å². The largest absolute Gasteiger partial charge is 0.304 e. The lowest BCUT2D eigenvalue weighted by Gasteiger charge is -2.32. The number of benzene rings is 1. The monoisotopic (exact) mass is 297 g/mol. The molecule has 1 heterocycles. The fourth-order valence-corrected chi connectivity index (χ4v) is 3.76. The van der Waals surface area contributed by atoms with Gasteiger partial charge in [-0.2, -0.15) is 8.42 Å². The molecule has 20 heavy (non-hydrogen) atoms. The Morgan fingerprint density at radius 2 is 1.95 bits per heavy atom. The Bertz CT molecular complexity index is 560. The zero-order valence-electron chi connectivity index (χ0n) is 12.2. The predicted molar refractivity (Wildman–Crippen MR) is 80.5 cm³/mol. The normalized spacial score (nSPS) is 18.4. The molecule has 1 aliphatic heterocycles. The van der Waals surface area contributed by atoms with Crippen molar-refractivity contribution in [2.45, 2.75) is 38.4 Å². The van der Waals surface area contributed by atoms with Crippen molar-refractivity contribution in [1.82, 2.24) is 4.90 Å². The molecule has 2 rings (SSSR count). The van der Waals surface area contributed by atoms with Crippen LogP contribution in [0.2, 0.25) is 0 Å². The Hall–Kier alpha value is -0.910. The van der Waals surface area contributed by atoms with E-state index in [1.165, 1.54) is 5.56 Å². The summed E-state index contributed by atoms with van der Waals surface area (Å²) < 4.78 is 31.2. The minimum atomic E-state index is -3.97. The molecule has 1 aliphatic rings. The van der Waals surface area contributed by atoms with E-state index in [2.05, 4.69) is 17.9 Å². The molecule has 112 valence electrons. The molecule has 0 amide bonds. The molecule has 1 N–H and O–H groups in total. The molecule has 0 aliphatic carbocycles. The molecule has 1 saturated heterocycles. The molecule has 0 aromatic heterocycles. The van der Waals surface area contributed by atoms with Crippen molar-refractivity contribution >= 4 is 10.1 Å². The summed E-state index contributed by atoms with van der Waals surface area (Å²) in [6, 6.07) is 5.78. The minimum absolute atomic E-state index is 0.291. The molecule has 0 spiro atoms. The third kappa shape index (κ3) is 3.81. The summed E-state index contributed by atoms with van der Waals surface area (Å²) in [7, 11) is -3.97. The van der Waals surface area contributed by atoms with Gasteiger partial charge in [0.2, 0.25) is 0 Å². The first-order valence-electron chi connectivity index (χ1n) is 7.16. The Morgan fingerprint density at radius 3 is 2.50 bits per heavy atom. The van der Waals surface area contributed by atoms with Crippen molar-refractivity contribution in [2.24, 2.45) is 0 Å². The van der Waals surface area contributed by atoms with Crippen LogP contribution in [0.25, 0.3) is 0 Å². The first-order chi connectivity index (χ1) is 9.40. The maximum Gasteiger partial charge on any atom is 0.269 e. The van der Waals surface area contributed by atoms with Gasteiger partial charge in [-0.05, 0) is 62.0 Å². The average molecular weight is 297 g/mol. The van der Waals surface area contributed by atoms with Crippen LogP contribution in [-0.4, -0.2) is 37.5 Å². The van der Waals surface area contributed by atoms with E-state index in [0.717, 1.165) is 38.0 Å². The highest BCUT2D eigenvalue weighted by molar-refractivity contribution is 7.85. The minimum Gasteiger partial charge on any atom is -0.304 e. The molecule has 0 unspecified atom stereocenters. The average Bonchev–Trinajstić information content (AvgIpc) is 2.40. The first kappa shape index (κ1) is 15.5. The van der Waals surface area contributed by atoms with Crippen molar-refractivity contribution in [3.8, 4) is 0 Å². The molecule has 0 saturated carbocycles. The second kappa shape index (κ2) is 6.24. The van der Waals surface area contributed by atoms with E-state index in [9.17, 15) is 8.42 Å². The summed E-state index contributed by atoms with van der Waals surface area (Å²) in [5.41, 5.74) is 2.96.